The minimum absolute atomic E-state index is 0.242. The first-order valence-electron chi connectivity index (χ1n) is 10.3. The summed E-state index contributed by atoms with van der Waals surface area (Å²) in [5.74, 6) is 1.68. The molecule has 0 radical (unpaired) electrons. The van der Waals surface area contributed by atoms with Crippen LogP contribution in [0.2, 0.25) is 0 Å². The molecule has 2 aromatic heterocycles. The van der Waals surface area contributed by atoms with Gasteiger partial charge in [-0.05, 0) is 57.2 Å². The molecule has 164 valence electrons. The third-order valence-electron chi connectivity index (χ3n) is 5.08. The van der Waals surface area contributed by atoms with Gasteiger partial charge < -0.3 is 14.8 Å². The topological polar surface area (TPSA) is 90.6 Å². The molecule has 2 aromatic carbocycles. The Morgan fingerprint density at radius 2 is 1.72 bits per heavy atom. The summed E-state index contributed by atoms with van der Waals surface area (Å²) >= 11 is 0. The van der Waals surface area contributed by atoms with Crippen LogP contribution >= 0.6 is 0 Å². The maximum Gasteiger partial charge on any atom is 0.261 e. The Kier molecular flexibility index (Phi) is 6.02. The number of amides is 1. The van der Waals surface area contributed by atoms with E-state index in [4.69, 9.17) is 9.47 Å². The number of aryl methyl sites for hydroxylation is 1. The predicted molar refractivity (Wildman–Crippen MR) is 121 cm³/mol. The van der Waals surface area contributed by atoms with Gasteiger partial charge in [0.15, 0.2) is 17.6 Å². The van der Waals surface area contributed by atoms with E-state index < -0.39 is 12.1 Å². The van der Waals surface area contributed by atoms with Crippen molar-refractivity contribution >= 4 is 11.6 Å². The molecule has 0 aliphatic rings. The Bertz CT molecular complexity index is 1220. The van der Waals surface area contributed by atoms with E-state index in [1.165, 1.54) is 0 Å². The molecule has 0 saturated heterocycles. The lowest BCUT2D eigenvalue weighted by atomic mass is 10.1. The molecule has 4 aromatic rings. The van der Waals surface area contributed by atoms with Gasteiger partial charge in [-0.15, -0.1) is 5.10 Å². The first-order chi connectivity index (χ1) is 15.4. The number of nitrogens with one attached hydrogen (secondary N) is 1. The van der Waals surface area contributed by atoms with Gasteiger partial charge >= 0.3 is 0 Å². The zero-order valence-electron chi connectivity index (χ0n) is 18.4. The molecule has 4 rings (SSSR count). The summed E-state index contributed by atoms with van der Waals surface area (Å²) in [4.78, 5) is 21.6. The fraction of sp³-hybridized carbons (Fsp3) is 0.250. The molecule has 1 N–H and O–H groups in total. The second-order valence-corrected chi connectivity index (χ2v) is 7.58. The molecular weight excluding hydrogens is 406 g/mol. The molecule has 8 nitrogen and oxygen atoms in total. The number of hydrogen-bond acceptors (Lipinski definition) is 6. The van der Waals surface area contributed by atoms with Gasteiger partial charge in [-0.25, -0.2) is 14.5 Å². The maximum atomic E-state index is 12.6. The fourth-order valence-corrected chi connectivity index (χ4v) is 3.19. The van der Waals surface area contributed by atoms with Gasteiger partial charge in [0.25, 0.3) is 5.91 Å². The van der Waals surface area contributed by atoms with Crippen LogP contribution in [0.25, 0.3) is 16.9 Å². The average Bonchev–Trinajstić information content (AvgIpc) is 3.24. The summed E-state index contributed by atoms with van der Waals surface area (Å²) in [5.41, 5.74) is 3.49. The van der Waals surface area contributed by atoms with Crippen molar-refractivity contribution in [3.8, 4) is 22.8 Å². The zero-order valence-corrected chi connectivity index (χ0v) is 18.4. The normalized spacial score (nSPS) is 12.9. The van der Waals surface area contributed by atoms with Crippen molar-refractivity contribution in [2.75, 3.05) is 7.11 Å². The summed E-state index contributed by atoms with van der Waals surface area (Å²) < 4.78 is 12.5. The van der Waals surface area contributed by atoms with Crippen LogP contribution in [0.4, 0.5) is 0 Å². The number of rotatable bonds is 7. The summed E-state index contributed by atoms with van der Waals surface area (Å²) in [7, 11) is 1.63. The number of benzene rings is 2. The van der Waals surface area contributed by atoms with Crippen LogP contribution in [0.1, 0.15) is 31.3 Å². The fourth-order valence-electron chi connectivity index (χ4n) is 3.19. The van der Waals surface area contributed by atoms with Crippen LogP contribution in [-0.2, 0) is 4.79 Å². The quantitative estimate of drug-likeness (QED) is 0.479. The number of nitrogens with zero attached hydrogens (tertiary/aromatic N) is 4. The first kappa shape index (κ1) is 21.3. The van der Waals surface area contributed by atoms with Gasteiger partial charge in [0, 0.05) is 11.6 Å². The van der Waals surface area contributed by atoms with Gasteiger partial charge in [-0.2, -0.15) is 0 Å². The van der Waals surface area contributed by atoms with Crippen molar-refractivity contribution in [3.63, 3.8) is 0 Å². The number of methoxy groups -OCH3 is 1. The third-order valence-corrected chi connectivity index (χ3v) is 5.08. The molecule has 0 bridgehead atoms. The number of aromatic nitrogens is 4. The largest absolute Gasteiger partial charge is 0.497 e. The number of hydrogen-bond donors (Lipinski definition) is 1. The van der Waals surface area contributed by atoms with E-state index in [9.17, 15) is 4.79 Å². The van der Waals surface area contributed by atoms with Crippen LogP contribution < -0.4 is 14.8 Å². The standard InChI is InChI=1S/C24H25N5O3/c1-15-5-9-20(10-6-15)32-17(3)24(30)26-16(2)23-27-22-13-21(25-14-29(22)28-23)18-7-11-19(31-4)12-8-18/h5-14,16-17H,1-4H3,(H,26,30)/t16-,17-/m0/s1. The summed E-state index contributed by atoms with van der Waals surface area (Å²) in [6.45, 7) is 5.55. The Morgan fingerprint density at radius 3 is 2.41 bits per heavy atom. The van der Waals surface area contributed by atoms with Gasteiger partial charge in [0.2, 0.25) is 0 Å². The summed E-state index contributed by atoms with van der Waals surface area (Å²) in [6, 6.07) is 16.7. The molecule has 1 amide bonds. The van der Waals surface area contributed by atoms with E-state index in [1.54, 1.807) is 24.9 Å². The van der Waals surface area contributed by atoms with Crippen LogP contribution in [0.15, 0.2) is 60.9 Å². The van der Waals surface area contributed by atoms with E-state index in [2.05, 4.69) is 20.4 Å². The lowest BCUT2D eigenvalue weighted by Crippen LogP contribution is -2.38. The van der Waals surface area contributed by atoms with E-state index >= 15 is 0 Å². The van der Waals surface area contributed by atoms with Crippen molar-refractivity contribution in [2.24, 2.45) is 0 Å². The van der Waals surface area contributed by atoms with Crippen molar-refractivity contribution in [1.82, 2.24) is 24.9 Å². The summed E-state index contributed by atoms with van der Waals surface area (Å²) in [5, 5.41) is 7.36. The molecule has 0 fully saturated rings. The molecule has 0 aliphatic carbocycles. The second kappa shape index (κ2) is 9.05. The highest BCUT2D eigenvalue weighted by molar-refractivity contribution is 5.81. The molecule has 2 atom stereocenters. The van der Waals surface area contributed by atoms with Crippen molar-refractivity contribution in [3.05, 3.63) is 72.3 Å². The Labute approximate surface area is 186 Å². The molecule has 2 heterocycles. The summed E-state index contributed by atoms with van der Waals surface area (Å²) in [6.07, 6.45) is 0.962. The van der Waals surface area contributed by atoms with Crippen LogP contribution in [0.5, 0.6) is 11.5 Å². The number of ether oxygens (including phenoxy) is 2. The maximum absolute atomic E-state index is 12.6. The van der Waals surface area contributed by atoms with E-state index in [0.717, 1.165) is 22.6 Å². The smallest absolute Gasteiger partial charge is 0.261 e. The minimum atomic E-state index is -0.652. The van der Waals surface area contributed by atoms with Gasteiger partial charge in [-0.3, -0.25) is 4.79 Å². The molecule has 0 unspecified atom stereocenters. The van der Waals surface area contributed by atoms with Crippen LogP contribution in [0, 0.1) is 6.92 Å². The molecule has 8 heteroatoms. The lowest BCUT2D eigenvalue weighted by Gasteiger charge is -2.17. The Hall–Kier alpha value is -3.94. The molecule has 0 spiro atoms. The highest BCUT2D eigenvalue weighted by Gasteiger charge is 2.20. The van der Waals surface area contributed by atoms with Gasteiger partial charge in [0.1, 0.15) is 17.8 Å². The molecule has 0 saturated carbocycles. The Morgan fingerprint density at radius 1 is 1.03 bits per heavy atom. The molecular formula is C24H25N5O3. The zero-order chi connectivity index (χ0) is 22.7. The Balaban J connectivity index is 1.45. The predicted octanol–water partition coefficient (Wildman–Crippen LogP) is 3.75. The van der Waals surface area contributed by atoms with Crippen LogP contribution in [0.3, 0.4) is 0 Å². The monoisotopic (exact) mass is 431 g/mol. The van der Waals surface area contributed by atoms with Crippen molar-refractivity contribution in [1.29, 1.82) is 0 Å². The highest BCUT2D eigenvalue weighted by atomic mass is 16.5. The van der Waals surface area contributed by atoms with E-state index in [0.29, 0.717) is 17.2 Å². The first-order valence-corrected chi connectivity index (χ1v) is 10.3. The number of carbonyl (C=O) groups excluding carboxylic acids is 1. The third kappa shape index (κ3) is 4.69. The van der Waals surface area contributed by atoms with Gasteiger partial charge in [0.05, 0.1) is 18.8 Å². The second-order valence-electron chi connectivity index (χ2n) is 7.58. The van der Waals surface area contributed by atoms with Crippen molar-refractivity contribution < 1.29 is 14.3 Å². The van der Waals surface area contributed by atoms with Crippen LogP contribution in [-0.4, -0.2) is 38.7 Å². The molecule has 0 aliphatic heterocycles. The highest BCUT2D eigenvalue weighted by Crippen LogP contribution is 2.22. The number of carbonyl (C=O) groups is 1. The van der Waals surface area contributed by atoms with Gasteiger partial charge in [-0.1, -0.05) is 17.7 Å². The molecule has 32 heavy (non-hydrogen) atoms. The lowest BCUT2D eigenvalue weighted by molar-refractivity contribution is -0.128. The van der Waals surface area contributed by atoms with E-state index in [-0.39, 0.29) is 5.91 Å². The van der Waals surface area contributed by atoms with Crippen molar-refractivity contribution in [2.45, 2.75) is 32.9 Å². The minimum Gasteiger partial charge on any atom is -0.497 e. The SMILES string of the molecule is COc1ccc(-c2cc3nc([C@H](C)NC(=O)[C@H](C)Oc4ccc(C)cc4)nn3cn2)cc1. The average molecular weight is 431 g/mol. The van der Waals surface area contributed by atoms with E-state index in [1.807, 2.05) is 68.4 Å². The number of fused-ring (bicyclic) bond motifs is 1.